The highest BCUT2D eigenvalue weighted by molar-refractivity contribution is 9.09. The van der Waals surface area contributed by atoms with E-state index in [0.29, 0.717) is 4.83 Å². The van der Waals surface area contributed by atoms with Crippen LogP contribution in [0.15, 0.2) is 121 Å². The van der Waals surface area contributed by atoms with Gasteiger partial charge in [0.1, 0.15) is 0 Å². The average molecular weight is 447 g/mol. The van der Waals surface area contributed by atoms with Crippen LogP contribution in [0, 0.1) is 0 Å². The van der Waals surface area contributed by atoms with Gasteiger partial charge in [-0.1, -0.05) is 137 Å². The average Bonchev–Trinajstić information content (AvgIpc) is 2.77. The van der Waals surface area contributed by atoms with Gasteiger partial charge in [-0.2, -0.15) is 0 Å². The Labute approximate surface area is 178 Å². The van der Waals surface area contributed by atoms with Crippen molar-refractivity contribution in [1.82, 2.24) is 0 Å². The summed E-state index contributed by atoms with van der Waals surface area (Å²) in [5, 5.41) is 4.19. The molecule has 1 unspecified atom stereocenters. The molecule has 28 heavy (non-hydrogen) atoms. The van der Waals surface area contributed by atoms with E-state index >= 15 is 0 Å². The van der Waals surface area contributed by atoms with Crippen molar-refractivity contribution in [2.24, 2.45) is 0 Å². The van der Waals surface area contributed by atoms with Crippen molar-refractivity contribution < 1.29 is 0 Å². The van der Waals surface area contributed by atoms with E-state index in [1.807, 2.05) is 18.2 Å². The van der Waals surface area contributed by atoms with Gasteiger partial charge in [-0.25, -0.2) is 0 Å². The van der Waals surface area contributed by atoms with E-state index in [0.717, 1.165) is 0 Å². The van der Waals surface area contributed by atoms with Crippen molar-refractivity contribution in [3.63, 3.8) is 0 Å². The first-order chi connectivity index (χ1) is 13.8. The Kier molecular flexibility index (Phi) is 8.03. The lowest BCUT2D eigenvalue weighted by Gasteiger charge is -2.18. The van der Waals surface area contributed by atoms with Crippen LogP contribution in [0.4, 0.5) is 0 Å². The van der Waals surface area contributed by atoms with E-state index in [9.17, 15) is 0 Å². The summed E-state index contributed by atoms with van der Waals surface area (Å²) in [5.74, 6) is 0. The second kappa shape index (κ2) is 11.0. The molecule has 0 fully saturated rings. The number of halogens is 1. The van der Waals surface area contributed by atoms with Crippen LogP contribution in [0.5, 0.6) is 0 Å². The van der Waals surface area contributed by atoms with Crippen LogP contribution in [0.1, 0.15) is 17.3 Å². The summed E-state index contributed by atoms with van der Waals surface area (Å²) in [5.41, 5.74) is 1.33. The molecule has 0 bridgehead atoms. The second-order valence-corrected chi connectivity index (χ2v) is 9.96. The molecule has 0 heterocycles. The molecule has 0 aliphatic heterocycles. The molecule has 4 aromatic carbocycles. The highest BCUT2D eigenvalue weighted by atomic mass is 79.9. The molecular weight excluding hydrogens is 423 g/mol. The van der Waals surface area contributed by atoms with Crippen LogP contribution in [-0.2, 0) is 0 Å². The number of hydrogen-bond donors (Lipinski definition) is 0. The topological polar surface area (TPSA) is 0 Å². The Hall–Kier alpha value is -2.21. The molecule has 140 valence electrons. The fourth-order valence-electron chi connectivity index (χ4n) is 2.90. The van der Waals surface area contributed by atoms with Gasteiger partial charge in [0.2, 0.25) is 0 Å². The van der Waals surface area contributed by atoms with Crippen LogP contribution in [0.3, 0.4) is 0 Å². The van der Waals surface area contributed by atoms with E-state index in [2.05, 4.69) is 126 Å². The Morgan fingerprint density at radius 3 is 1.04 bits per heavy atom. The molecule has 0 aliphatic carbocycles. The Morgan fingerprint density at radius 1 is 0.500 bits per heavy atom. The van der Waals surface area contributed by atoms with Gasteiger partial charge in [-0.3, -0.25) is 0 Å². The molecule has 0 saturated heterocycles. The molecule has 1 atom stereocenters. The van der Waals surface area contributed by atoms with Crippen LogP contribution in [0.2, 0.25) is 0 Å². The first kappa shape index (κ1) is 20.5. The Balaban J connectivity index is 0.000000211. The molecular formula is C26H24BrP. The number of alkyl halides is 1. The normalized spacial score (nSPS) is 11.4. The summed E-state index contributed by atoms with van der Waals surface area (Å²) < 4.78 is 0. The third-order valence-corrected chi connectivity index (χ3v) is 7.27. The third-order valence-electron chi connectivity index (χ3n) is 4.30. The Bertz CT molecular complexity index is 829. The molecule has 4 rings (SSSR count). The van der Waals surface area contributed by atoms with E-state index in [-0.39, 0.29) is 0 Å². The van der Waals surface area contributed by atoms with Crippen molar-refractivity contribution in [3.8, 4) is 0 Å². The van der Waals surface area contributed by atoms with Crippen molar-refractivity contribution in [1.29, 1.82) is 0 Å². The second-order valence-electron chi connectivity index (χ2n) is 6.37. The number of hydrogen-bond acceptors (Lipinski definition) is 0. The summed E-state index contributed by atoms with van der Waals surface area (Å²) in [4.78, 5) is 0.471. The lowest BCUT2D eigenvalue weighted by atomic mass is 10.2. The van der Waals surface area contributed by atoms with Gasteiger partial charge >= 0.3 is 0 Å². The minimum atomic E-state index is -0.446. The molecule has 0 N–H and O–H groups in total. The maximum atomic E-state index is 3.48. The maximum Gasteiger partial charge on any atom is 0.0367 e. The molecule has 4 aromatic rings. The fourth-order valence-corrected chi connectivity index (χ4v) is 5.51. The van der Waals surface area contributed by atoms with Crippen LogP contribution in [0.25, 0.3) is 0 Å². The largest absolute Gasteiger partial charge is 0.0842 e. The lowest BCUT2D eigenvalue weighted by molar-refractivity contribution is 1.12. The molecule has 0 amide bonds. The summed E-state index contributed by atoms with van der Waals surface area (Å²) in [6.45, 7) is 2.12. The summed E-state index contributed by atoms with van der Waals surface area (Å²) in [7, 11) is -0.446. The van der Waals surface area contributed by atoms with Gasteiger partial charge in [-0.05, 0) is 36.3 Å². The minimum Gasteiger partial charge on any atom is -0.0842 e. The van der Waals surface area contributed by atoms with E-state index < -0.39 is 7.92 Å². The van der Waals surface area contributed by atoms with Crippen LogP contribution < -0.4 is 15.9 Å². The van der Waals surface area contributed by atoms with Crippen molar-refractivity contribution >= 4 is 39.8 Å². The van der Waals surface area contributed by atoms with Gasteiger partial charge in [0.15, 0.2) is 0 Å². The predicted molar refractivity (Wildman–Crippen MR) is 129 cm³/mol. The number of benzene rings is 4. The van der Waals surface area contributed by atoms with E-state index in [4.69, 9.17) is 0 Å². The molecule has 0 nitrogen and oxygen atoms in total. The molecule has 0 saturated carbocycles. The smallest absolute Gasteiger partial charge is 0.0367 e. The van der Waals surface area contributed by atoms with Crippen LogP contribution >= 0.6 is 23.9 Å². The maximum absolute atomic E-state index is 3.48. The molecule has 2 heteroatoms. The first-order valence-corrected chi connectivity index (χ1v) is 11.7. The third kappa shape index (κ3) is 5.89. The molecule has 0 spiro atoms. The van der Waals surface area contributed by atoms with E-state index in [1.165, 1.54) is 21.5 Å². The zero-order valence-corrected chi connectivity index (χ0v) is 18.4. The summed E-state index contributed by atoms with van der Waals surface area (Å²) in [6.07, 6.45) is 0. The molecule has 0 radical (unpaired) electrons. The van der Waals surface area contributed by atoms with Crippen molar-refractivity contribution in [2.75, 3.05) is 0 Å². The molecule has 0 aliphatic rings. The van der Waals surface area contributed by atoms with Crippen molar-refractivity contribution in [3.05, 3.63) is 127 Å². The van der Waals surface area contributed by atoms with Gasteiger partial charge in [0.05, 0.1) is 0 Å². The lowest BCUT2D eigenvalue weighted by Crippen LogP contribution is -2.20. The first-order valence-electron chi connectivity index (χ1n) is 9.40. The fraction of sp³-hybridized carbons (Fsp3) is 0.0769. The minimum absolute atomic E-state index is 0.446. The zero-order chi connectivity index (χ0) is 19.6. The zero-order valence-electron chi connectivity index (χ0n) is 15.9. The van der Waals surface area contributed by atoms with Crippen molar-refractivity contribution in [2.45, 2.75) is 11.8 Å². The SMILES string of the molecule is CC(Br)c1ccccc1.c1ccc(P(c2ccccc2)c2ccccc2)cc1. The highest BCUT2D eigenvalue weighted by Crippen LogP contribution is 2.32. The highest BCUT2D eigenvalue weighted by Gasteiger charge is 2.14. The monoisotopic (exact) mass is 446 g/mol. The summed E-state index contributed by atoms with van der Waals surface area (Å²) in [6, 6.07) is 42.7. The van der Waals surface area contributed by atoms with Gasteiger partial charge < -0.3 is 0 Å². The van der Waals surface area contributed by atoms with E-state index in [1.54, 1.807) is 0 Å². The number of rotatable bonds is 4. The Morgan fingerprint density at radius 2 is 0.786 bits per heavy atom. The summed E-state index contributed by atoms with van der Waals surface area (Å²) >= 11 is 3.48. The van der Waals surface area contributed by atoms with Gasteiger partial charge in [0.25, 0.3) is 0 Å². The quantitative estimate of drug-likeness (QED) is 0.245. The van der Waals surface area contributed by atoms with Crippen LogP contribution in [-0.4, -0.2) is 0 Å². The predicted octanol–water partition coefficient (Wildman–Crippen LogP) is 6.59. The van der Waals surface area contributed by atoms with Gasteiger partial charge in [-0.15, -0.1) is 0 Å². The molecule has 0 aromatic heterocycles. The standard InChI is InChI=1S/C18H15P.C8H9Br/c1-4-10-16(11-5-1)19(17-12-6-2-7-13-17)18-14-8-3-9-15-18;1-7(9)8-5-3-2-4-6-8/h1-15H;2-7H,1H3. The van der Waals surface area contributed by atoms with Gasteiger partial charge in [0, 0.05) is 4.83 Å².